The van der Waals surface area contributed by atoms with Gasteiger partial charge in [-0.15, -0.1) is 0 Å². The van der Waals surface area contributed by atoms with Crippen LogP contribution in [0.25, 0.3) is 0 Å². The van der Waals surface area contributed by atoms with E-state index in [0.29, 0.717) is 74.7 Å². The van der Waals surface area contributed by atoms with E-state index >= 15 is 0 Å². The first-order chi connectivity index (χ1) is 37.5. The Morgan fingerprint density at radius 3 is 1.86 bits per heavy atom. The lowest BCUT2D eigenvalue weighted by molar-refractivity contribution is -0.228. The second-order valence-corrected chi connectivity index (χ2v) is 27.4. The molecule has 1 amide bonds. The van der Waals surface area contributed by atoms with Gasteiger partial charge in [0.05, 0.1) is 41.3 Å². The van der Waals surface area contributed by atoms with E-state index in [2.05, 4.69) is 34.6 Å². The molecule has 7 rings (SSSR count). The lowest BCUT2D eigenvalue weighted by Crippen LogP contribution is -2.63. The van der Waals surface area contributed by atoms with Gasteiger partial charge in [0.1, 0.15) is 6.61 Å². The molecule has 436 valence electrons. The molecule has 0 N–H and O–H groups in total. The van der Waals surface area contributed by atoms with Gasteiger partial charge in [-0.05, 0) is 168 Å². The van der Waals surface area contributed by atoms with Crippen LogP contribution in [0.2, 0.25) is 0 Å². The molecule has 0 aromatic heterocycles. The molecule has 4 aliphatic rings. The highest BCUT2D eigenvalue weighted by molar-refractivity contribution is 7.87. The van der Waals surface area contributed by atoms with Crippen molar-refractivity contribution in [2.75, 3.05) is 46.1 Å². The molecule has 3 aromatic carbocycles. The van der Waals surface area contributed by atoms with Gasteiger partial charge in [-0.1, -0.05) is 139 Å². The third kappa shape index (κ3) is 16.2. The van der Waals surface area contributed by atoms with Crippen LogP contribution in [0.5, 0.6) is 0 Å². The molecular weight excluding hydrogens is 1020 g/mol. The Kier molecular flexibility index (Phi) is 23.6. The molecule has 0 heterocycles. The van der Waals surface area contributed by atoms with Crippen LogP contribution in [-0.2, 0) is 54.2 Å². The SMILES string of the molecule is CCCCCCCCN(CCCC(C)[C@H]1CC[C@H]2C3[C@H](OCCCOS(=O)(=O)c4ccc(C)cc4)C[C@@H]4C[C@H](OCCCOS(=O)(=O)c5ccc(C)cc5)CC[C@]4(C)[C@H]3C[C@H](OCCCC)[C@]12C)C(=O)OCc1ccccc1. The van der Waals surface area contributed by atoms with Crippen molar-refractivity contribution >= 4 is 26.3 Å². The van der Waals surface area contributed by atoms with Crippen LogP contribution >= 0.6 is 0 Å². The smallest absolute Gasteiger partial charge is 0.410 e. The Hall–Kier alpha value is -3.37. The zero-order chi connectivity index (χ0) is 55.8. The van der Waals surface area contributed by atoms with Crippen molar-refractivity contribution in [2.45, 2.75) is 205 Å². The maximum Gasteiger partial charge on any atom is 0.410 e. The molecule has 0 radical (unpaired) electrons. The minimum atomic E-state index is -3.90. The summed E-state index contributed by atoms with van der Waals surface area (Å²) in [5.41, 5.74) is 2.93. The molecule has 0 spiro atoms. The van der Waals surface area contributed by atoms with Gasteiger partial charge in [0.2, 0.25) is 0 Å². The third-order valence-corrected chi connectivity index (χ3v) is 21.6. The molecule has 0 saturated heterocycles. The van der Waals surface area contributed by atoms with Crippen LogP contribution in [0.15, 0.2) is 88.7 Å². The minimum absolute atomic E-state index is 0.0201. The average Bonchev–Trinajstić information content (AvgIpc) is 4.01. The first-order valence-corrected chi connectivity index (χ1v) is 33.0. The molecule has 3 aromatic rings. The van der Waals surface area contributed by atoms with Crippen molar-refractivity contribution < 1.29 is 48.9 Å². The number of hydrogen-bond acceptors (Lipinski definition) is 11. The molecule has 0 bridgehead atoms. The number of fused-ring (bicyclic) bond motifs is 5. The van der Waals surface area contributed by atoms with Crippen molar-refractivity contribution in [1.29, 1.82) is 0 Å². The second-order valence-electron chi connectivity index (χ2n) is 24.2. The standard InChI is InChI=1S/C64H97NO11S2/c1-8-10-12-13-14-18-37-65(62(66)74-47-51-23-16-15-17-24-51)38-19-22-50(5)56-33-34-57-61-58(46-60(64(56,57)7)73-39-11-9-2)63(6)36-35-53(71-40-20-42-75-77(67,68)54-29-25-48(3)26-30-54)44-52(63)45-59(61)72-41-21-43-76-78(69,70)55-31-27-49(4)28-32-55/h15-17,23-32,50,52-53,56-61H,8-14,18-22,33-47H2,1-7H3/t50?,52-,53+,56+,57-,58-,59+,60-,61?,63-,64+/m0/s1. The predicted octanol–water partition coefficient (Wildman–Crippen LogP) is 14.4. The predicted molar refractivity (Wildman–Crippen MR) is 308 cm³/mol. The summed E-state index contributed by atoms with van der Waals surface area (Å²) >= 11 is 0. The van der Waals surface area contributed by atoms with Crippen LogP contribution in [-0.4, -0.2) is 92.3 Å². The number of ether oxygens (including phenoxy) is 4. The second kappa shape index (κ2) is 29.6. The Bertz CT molecular complexity index is 2490. The lowest BCUT2D eigenvalue weighted by Gasteiger charge is -2.65. The van der Waals surface area contributed by atoms with Gasteiger partial charge in [-0.25, -0.2) is 4.79 Å². The van der Waals surface area contributed by atoms with Crippen LogP contribution in [0.3, 0.4) is 0 Å². The first-order valence-electron chi connectivity index (χ1n) is 30.2. The average molecular weight is 1120 g/mol. The molecule has 4 aliphatic carbocycles. The number of carbonyl (C=O) groups excluding carboxylic acids is 1. The topological polar surface area (TPSA) is 144 Å². The highest BCUT2D eigenvalue weighted by atomic mass is 32.2. The summed E-state index contributed by atoms with van der Waals surface area (Å²) in [6.07, 6.45) is 18.9. The summed E-state index contributed by atoms with van der Waals surface area (Å²) in [6.45, 7) is 19.2. The van der Waals surface area contributed by atoms with E-state index in [1.807, 2.05) is 49.1 Å². The number of nitrogens with zero attached hydrogens (tertiary/aromatic N) is 1. The van der Waals surface area contributed by atoms with E-state index in [1.165, 1.54) is 25.7 Å². The fraction of sp³-hybridized carbons (Fsp3) is 0.703. The Balaban J connectivity index is 1.04. The van der Waals surface area contributed by atoms with Gasteiger partial charge in [0, 0.05) is 38.3 Å². The van der Waals surface area contributed by atoms with Crippen molar-refractivity contribution in [3.8, 4) is 0 Å². The summed E-state index contributed by atoms with van der Waals surface area (Å²) in [5, 5.41) is 0. The zero-order valence-electron chi connectivity index (χ0n) is 48.5. The maximum atomic E-state index is 13.7. The van der Waals surface area contributed by atoms with E-state index < -0.39 is 20.2 Å². The largest absolute Gasteiger partial charge is 0.445 e. The van der Waals surface area contributed by atoms with E-state index in [4.69, 9.17) is 27.3 Å². The third-order valence-electron chi connectivity index (χ3n) is 19.0. The molecule has 78 heavy (non-hydrogen) atoms. The molecular formula is C64H97NO11S2. The van der Waals surface area contributed by atoms with E-state index in [1.54, 1.807) is 48.5 Å². The number of rotatable bonds is 32. The number of unbranched alkanes of at least 4 members (excludes halogenated alkanes) is 6. The summed E-state index contributed by atoms with van der Waals surface area (Å²) in [7, 11) is -7.75. The van der Waals surface area contributed by atoms with Crippen LogP contribution in [0.1, 0.15) is 173 Å². The van der Waals surface area contributed by atoms with Gasteiger partial charge in [0.25, 0.3) is 20.2 Å². The van der Waals surface area contributed by atoms with E-state index in [0.717, 1.165) is 107 Å². The van der Waals surface area contributed by atoms with Gasteiger partial charge in [-0.2, -0.15) is 16.8 Å². The number of hydrogen-bond donors (Lipinski definition) is 0. The molecule has 11 atom stereocenters. The van der Waals surface area contributed by atoms with Crippen molar-refractivity contribution in [1.82, 2.24) is 4.90 Å². The highest BCUT2D eigenvalue weighted by Gasteiger charge is 2.66. The summed E-state index contributed by atoms with van der Waals surface area (Å²) in [4.78, 5) is 16.0. The maximum absolute atomic E-state index is 13.7. The number of carbonyl (C=O) groups is 1. The highest BCUT2D eigenvalue weighted by Crippen LogP contribution is 2.69. The Morgan fingerprint density at radius 2 is 1.22 bits per heavy atom. The first kappa shape index (κ1) is 62.2. The van der Waals surface area contributed by atoms with E-state index in [9.17, 15) is 21.6 Å². The molecule has 14 heteroatoms. The minimum Gasteiger partial charge on any atom is -0.445 e. The lowest BCUT2D eigenvalue weighted by atomic mass is 9.43. The Morgan fingerprint density at radius 1 is 0.628 bits per heavy atom. The molecule has 2 unspecified atom stereocenters. The van der Waals surface area contributed by atoms with Crippen molar-refractivity contribution in [2.24, 2.45) is 46.3 Å². The van der Waals surface area contributed by atoms with Crippen LogP contribution < -0.4 is 0 Å². The summed E-state index contributed by atoms with van der Waals surface area (Å²) in [6, 6.07) is 23.4. The fourth-order valence-electron chi connectivity index (χ4n) is 14.5. The van der Waals surface area contributed by atoms with Crippen LogP contribution in [0.4, 0.5) is 4.79 Å². The molecule has 4 saturated carbocycles. The van der Waals surface area contributed by atoms with Crippen molar-refractivity contribution in [3.05, 3.63) is 95.6 Å². The van der Waals surface area contributed by atoms with Gasteiger partial charge in [-0.3, -0.25) is 8.37 Å². The summed E-state index contributed by atoms with van der Waals surface area (Å²) < 4.78 is 89.9. The van der Waals surface area contributed by atoms with Crippen LogP contribution in [0, 0.1) is 60.2 Å². The molecule has 4 fully saturated rings. The summed E-state index contributed by atoms with van der Waals surface area (Å²) in [5.74, 6) is 2.28. The van der Waals surface area contributed by atoms with Gasteiger partial charge < -0.3 is 23.8 Å². The van der Waals surface area contributed by atoms with Crippen molar-refractivity contribution in [3.63, 3.8) is 0 Å². The number of aryl methyl sites for hydroxylation is 2. The normalized spacial score (nSPS) is 27.4. The monoisotopic (exact) mass is 1120 g/mol. The van der Waals surface area contributed by atoms with E-state index in [-0.39, 0.29) is 64.8 Å². The fourth-order valence-corrected chi connectivity index (χ4v) is 16.4. The Labute approximate surface area is 471 Å². The zero-order valence-corrected chi connectivity index (χ0v) is 50.2. The number of amides is 1. The molecule has 12 nitrogen and oxygen atoms in total. The number of benzene rings is 3. The van der Waals surface area contributed by atoms with Gasteiger partial charge in [0.15, 0.2) is 0 Å². The van der Waals surface area contributed by atoms with Gasteiger partial charge >= 0.3 is 6.09 Å². The quantitative estimate of drug-likeness (QED) is 0.0435. The molecule has 0 aliphatic heterocycles.